The Balaban J connectivity index is 0.000000396. The van der Waals surface area contributed by atoms with Gasteiger partial charge in [0.1, 0.15) is 0 Å². The molecular formula is C10H13NO2. The number of nitrogens with zero attached hydrogens (tertiary/aromatic N) is 1. The largest absolute Gasteiger partial charge is 0.424 e. The molecule has 0 saturated carbocycles. The molecule has 2 rings (SSSR count). The molecule has 3 heteroatoms. The highest BCUT2D eigenvalue weighted by molar-refractivity contribution is 5.79. The van der Waals surface area contributed by atoms with Gasteiger partial charge in [0, 0.05) is 6.20 Å². The topological polar surface area (TPSA) is 39.2 Å². The van der Waals surface area contributed by atoms with E-state index in [9.17, 15) is 4.79 Å². The molecule has 0 aromatic carbocycles. The lowest BCUT2D eigenvalue weighted by molar-refractivity contribution is -0.131. The average molecular weight is 179 g/mol. The summed E-state index contributed by atoms with van der Waals surface area (Å²) < 4.78 is 4.89. The number of pyridine rings is 1. The van der Waals surface area contributed by atoms with E-state index in [0.717, 1.165) is 11.3 Å². The Kier molecular flexibility index (Phi) is 3.01. The molecule has 3 nitrogen and oxygen atoms in total. The standard InChI is InChI=1S/C8H7NO2.C2H6/c1-5-2-7-6(9-4-5)3-8(10)11-7;1-2/h2,4H,3H2,1H3;1-2H3. The maximum atomic E-state index is 10.7. The number of aryl methyl sites for hydroxylation is 1. The van der Waals surface area contributed by atoms with E-state index >= 15 is 0 Å². The van der Waals surface area contributed by atoms with E-state index in [0.29, 0.717) is 12.2 Å². The van der Waals surface area contributed by atoms with E-state index in [1.807, 2.05) is 26.8 Å². The van der Waals surface area contributed by atoms with E-state index in [-0.39, 0.29) is 5.97 Å². The number of ether oxygens (including phenoxy) is 1. The van der Waals surface area contributed by atoms with Crippen LogP contribution in [0.1, 0.15) is 25.1 Å². The monoisotopic (exact) mass is 179 g/mol. The summed E-state index contributed by atoms with van der Waals surface area (Å²) in [6.45, 7) is 5.92. The van der Waals surface area contributed by atoms with E-state index in [2.05, 4.69) is 4.98 Å². The van der Waals surface area contributed by atoms with Crippen molar-refractivity contribution in [3.8, 4) is 5.75 Å². The Morgan fingerprint density at radius 2 is 2.15 bits per heavy atom. The molecule has 0 unspecified atom stereocenters. The minimum atomic E-state index is -0.210. The first-order chi connectivity index (χ1) is 6.25. The smallest absolute Gasteiger partial charge is 0.317 e. The molecule has 1 aliphatic rings. The van der Waals surface area contributed by atoms with E-state index in [1.54, 1.807) is 6.20 Å². The van der Waals surface area contributed by atoms with Crippen LogP contribution in [-0.4, -0.2) is 11.0 Å². The van der Waals surface area contributed by atoms with Gasteiger partial charge >= 0.3 is 5.97 Å². The van der Waals surface area contributed by atoms with Gasteiger partial charge in [0.15, 0.2) is 5.75 Å². The van der Waals surface area contributed by atoms with Crippen LogP contribution in [0.15, 0.2) is 12.3 Å². The molecule has 1 aromatic heterocycles. The molecule has 0 bridgehead atoms. The molecule has 0 amide bonds. The van der Waals surface area contributed by atoms with Crippen molar-refractivity contribution in [1.29, 1.82) is 0 Å². The van der Waals surface area contributed by atoms with E-state index in [1.165, 1.54) is 0 Å². The Morgan fingerprint density at radius 1 is 1.46 bits per heavy atom. The fourth-order valence-corrected chi connectivity index (χ4v) is 1.09. The highest BCUT2D eigenvalue weighted by Crippen LogP contribution is 2.23. The van der Waals surface area contributed by atoms with Crippen molar-refractivity contribution in [3.63, 3.8) is 0 Å². The molecule has 0 radical (unpaired) electrons. The molecule has 0 spiro atoms. The summed E-state index contributed by atoms with van der Waals surface area (Å²) in [5.41, 5.74) is 1.76. The molecule has 1 aliphatic heterocycles. The van der Waals surface area contributed by atoms with Crippen LogP contribution < -0.4 is 4.74 Å². The molecular weight excluding hydrogens is 166 g/mol. The average Bonchev–Trinajstić information content (AvgIpc) is 2.48. The number of carbonyl (C=O) groups is 1. The van der Waals surface area contributed by atoms with Crippen molar-refractivity contribution in [2.75, 3.05) is 0 Å². The maximum Gasteiger partial charge on any atom is 0.317 e. The third-order valence-electron chi connectivity index (χ3n) is 1.60. The second-order valence-corrected chi connectivity index (χ2v) is 2.61. The lowest BCUT2D eigenvalue weighted by Crippen LogP contribution is -2.00. The van der Waals surface area contributed by atoms with Gasteiger partial charge in [0.05, 0.1) is 12.1 Å². The van der Waals surface area contributed by atoms with Crippen LogP contribution >= 0.6 is 0 Å². The zero-order valence-corrected chi connectivity index (χ0v) is 8.13. The first-order valence-electron chi connectivity index (χ1n) is 4.42. The number of carbonyl (C=O) groups excluding carboxylic acids is 1. The Bertz CT molecular complexity index is 321. The number of aromatic nitrogens is 1. The number of esters is 1. The van der Waals surface area contributed by atoms with Crippen LogP contribution in [0.3, 0.4) is 0 Å². The van der Waals surface area contributed by atoms with Gasteiger partial charge in [-0.2, -0.15) is 0 Å². The molecule has 0 N–H and O–H groups in total. The van der Waals surface area contributed by atoms with Crippen molar-refractivity contribution in [2.45, 2.75) is 27.2 Å². The van der Waals surface area contributed by atoms with Gasteiger partial charge in [-0.05, 0) is 18.6 Å². The molecule has 70 valence electrons. The van der Waals surface area contributed by atoms with Crippen LogP contribution in [0.4, 0.5) is 0 Å². The van der Waals surface area contributed by atoms with Crippen LogP contribution in [0, 0.1) is 6.92 Å². The highest BCUT2D eigenvalue weighted by Gasteiger charge is 2.20. The van der Waals surface area contributed by atoms with E-state index in [4.69, 9.17) is 4.74 Å². The summed E-state index contributed by atoms with van der Waals surface area (Å²) in [7, 11) is 0. The summed E-state index contributed by atoms with van der Waals surface area (Å²) in [5.74, 6) is 0.410. The number of rotatable bonds is 0. The van der Waals surface area contributed by atoms with Gasteiger partial charge in [-0.3, -0.25) is 9.78 Å². The third kappa shape index (κ3) is 2.05. The first kappa shape index (κ1) is 9.71. The molecule has 0 atom stereocenters. The van der Waals surface area contributed by atoms with Gasteiger partial charge in [-0.15, -0.1) is 0 Å². The summed E-state index contributed by atoms with van der Waals surface area (Å²) in [6, 6.07) is 1.83. The minimum Gasteiger partial charge on any atom is -0.424 e. The predicted octanol–water partition coefficient (Wildman–Crippen LogP) is 1.88. The summed E-state index contributed by atoms with van der Waals surface area (Å²) in [6.07, 6.45) is 2.05. The number of fused-ring (bicyclic) bond motifs is 1. The molecule has 0 saturated heterocycles. The molecule has 0 fully saturated rings. The predicted molar refractivity (Wildman–Crippen MR) is 49.7 cm³/mol. The van der Waals surface area contributed by atoms with Gasteiger partial charge in [-0.25, -0.2) is 0 Å². The zero-order chi connectivity index (χ0) is 9.84. The summed E-state index contributed by atoms with van der Waals surface area (Å²) >= 11 is 0. The maximum absolute atomic E-state index is 10.7. The van der Waals surface area contributed by atoms with Crippen molar-refractivity contribution in [3.05, 3.63) is 23.5 Å². The number of hydrogen-bond acceptors (Lipinski definition) is 3. The lowest BCUT2D eigenvalue weighted by atomic mass is 10.2. The zero-order valence-electron chi connectivity index (χ0n) is 8.13. The van der Waals surface area contributed by atoms with Crippen molar-refractivity contribution >= 4 is 5.97 Å². The molecule has 1 aromatic rings. The number of hydrogen-bond donors (Lipinski definition) is 0. The van der Waals surface area contributed by atoms with Gasteiger partial charge in [-0.1, -0.05) is 13.8 Å². The molecule has 0 aliphatic carbocycles. The fraction of sp³-hybridized carbons (Fsp3) is 0.400. The SMILES string of the molecule is CC.Cc1cnc2c(c1)OC(=O)C2. The third-order valence-corrected chi connectivity index (χ3v) is 1.60. The highest BCUT2D eigenvalue weighted by atomic mass is 16.5. The lowest BCUT2D eigenvalue weighted by Gasteiger charge is -1.95. The molecule has 13 heavy (non-hydrogen) atoms. The fourth-order valence-electron chi connectivity index (χ4n) is 1.09. The second kappa shape index (κ2) is 4.03. The van der Waals surface area contributed by atoms with Crippen molar-refractivity contribution in [2.24, 2.45) is 0 Å². The second-order valence-electron chi connectivity index (χ2n) is 2.61. The van der Waals surface area contributed by atoms with Crippen LogP contribution in [0.5, 0.6) is 5.75 Å². The van der Waals surface area contributed by atoms with Crippen LogP contribution in [0.2, 0.25) is 0 Å². The molecule has 2 heterocycles. The Labute approximate surface area is 77.8 Å². The summed E-state index contributed by atoms with van der Waals surface area (Å²) in [5, 5.41) is 0. The van der Waals surface area contributed by atoms with E-state index < -0.39 is 0 Å². The van der Waals surface area contributed by atoms with Crippen LogP contribution in [-0.2, 0) is 11.2 Å². The van der Waals surface area contributed by atoms with Crippen LogP contribution in [0.25, 0.3) is 0 Å². The minimum absolute atomic E-state index is 0.210. The Hall–Kier alpha value is -1.38. The Morgan fingerprint density at radius 3 is 2.85 bits per heavy atom. The van der Waals surface area contributed by atoms with Gasteiger partial charge < -0.3 is 4.74 Å². The van der Waals surface area contributed by atoms with Gasteiger partial charge in [0.2, 0.25) is 0 Å². The van der Waals surface area contributed by atoms with Crippen molar-refractivity contribution in [1.82, 2.24) is 4.98 Å². The quantitative estimate of drug-likeness (QED) is 0.571. The van der Waals surface area contributed by atoms with Crippen molar-refractivity contribution < 1.29 is 9.53 Å². The van der Waals surface area contributed by atoms with Gasteiger partial charge in [0.25, 0.3) is 0 Å². The first-order valence-corrected chi connectivity index (χ1v) is 4.42. The summed E-state index contributed by atoms with van der Waals surface area (Å²) in [4.78, 5) is 14.8. The normalized spacial score (nSPS) is 12.7.